The second kappa shape index (κ2) is 4.62. The molecule has 100 valence electrons. The van der Waals surface area contributed by atoms with Gasteiger partial charge in [-0.3, -0.25) is 9.48 Å². The summed E-state index contributed by atoms with van der Waals surface area (Å²) in [5.41, 5.74) is 2.20. The second-order valence-corrected chi connectivity index (χ2v) is 4.95. The molecule has 0 fully saturated rings. The molecule has 0 aliphatic carbocycles. The lowest BCUT2D eigenvalue weighted by atomic mass is 10.1. The Morgan fingerprint density at radius 1 is 1.47 bits per heavy atom. The summed E-state index contributed by atoms with van der Waals surface area (Å²) in [4.78, 5) is 19.3. The molecule has 0 bridgehead atoms. The molecular formula is C13H16N4O2. The number of nitrogens with one attached hydrogen (secondary N) is 1. The van der Waals surface area contributed by atoms with E-state index in [1.165, 1.54) is 0 Å². The fraction of sp³-hybridized carbons (Fsp3) is 0.462. The van der Waals surface area contributed by atoms with Gasteiger partial charge in [-0.05, 0) is 13.8 Å². The first-order chi connectivity index (χ1) is 9.15. The molecular weight excluding hydrogens is 244 g/mol. The first-order valence-electron chi connectivity index (χ1n) is 6.39. The van der Waals surface area contributed by atoms with Crippen LogP contribution in [-0.2, 0) is 17.8 Å². The Hall–Kier alpha value is -1.95. The van der Waals surface area contributed by atoms with Crippen LogP contribution in [0.4, 0.5) is 0 Å². The number of H-pyrrole nitrogens is 1. The van der Waals surface area contributed by atoms with E-state index in [4.69, 9.17) is 4.74 Å². The smallest absolute Gasteiger partial charge is 0.256 e. The van der Waals surface area contributed by atoms with Gasteiger partial charge < -0.3 is 9.72 Å². The van der Waals surface area contributed by atoms with Gasteiger partial charge in [0.2, 0.25) is 0 Å². The third-order valence-corrected chi connectivity index (χ3v) is 3.23. The van der Waals surface area contributed by atoms with E-state index >= 15 is 0 Å². The van der Waals surface area contributed by atoms with Crippen molar-refractivity contribution in [3.8, 4) is 11.4 Å². The number of fused-ring (bicyclic) bond motifs is 1. The third kappa shape index (κ3) is 2.19. The van der Waals surface area contributed by atoms with E-state index in [1.54, 1.807) is 6.20 Å². The average Bonchev–Trinajstić information content (AvgIpc) is 2.88. The van der Waals surface area contributed by atoms with Crippen molar-refractivity contribution in [3.05, 3.63) is 34.0 Å². The molecule has 3 heterocycles. The Morgan fingerprint density at radius 2 is 2.32 bits per heavy atom. The highest BCUT2D eigenvalue weighted by atomic mass is 16.5. The minimum Gasteiger partial charge on any atom is -0.376 e. The van der Waals surface area contributed by atoms with Crippen molar-refractivity contribution >= 4 is 0 Å². The number of hydrogen-bond acceptors (Lipinski definition) is 4. The number of ether oxygens (including phenoxy) is 1. The number of aromatic nitrogens is 4. The molecule has 0 unspecified atom stereocenters. The van der Waals surface area contributed by atoms with Crippen molar-refractivity contribution in [2.24, 2.45) is 0 Å². The normalized spacial score (nSPS) is 14.7. The molecule has 0 spiro atoms. The summed E-state index contributed by atoms with van der Waals surface area (Å²) >= 11 is 0. The molecule has 1 N–H and O–H groups in total. The molecule has 0 saturated carbocycles. The van der Waals surface area contributed by atoms with Gasteiger partial charge in [0.05, 0.1) is 36.2 Å². The van der Waals surface area contributed by atoms with E-state index in [0.717, 1.165) is 11.3 Å². The summed E-state index contributed by atoms with van der Waals surface area (Å²) in [5, 5.41) is 4.26. The van der Waals surface area contributed by atoms with Gasteiger partial charge in [0.25, 0.3) is 5.56 Å². The summed E-state index contributed by atoms with van der Waals surface area (Å²) in [7, 11) is 0. The fourth-order valence-corrected chi connectivity index (χ4v) is 2.12. The van der Waals surface area contributed by atoms with Crippen molar-refractivity contribution in [1.29, 1.82) is 0 Å². The van der Waals surface area contributed by atoms with Gasteiger partial charge in [0, 0.05) is 18.7 Å². The maximum atomic E-state index is 12.0. The Labute approximate surface area is 110 Å². The van der Waals surface area contributed by atoms with Crippen LogP contribution in [0.3, 0.4) is 0 Å². The molecule has 6 heteroatoms. The maximum absolute atomic E-state index is 12.0. The molecule has 6 nitrogen and oxygen atoms in total. The number of rotatable bonds is 2. The molecule has 19 heavy (non-hydrogen) atoms. The van der Waals surface area contributed by atoms with Crippen LogP contribution in [0, 0.1) is 0 Å². The molecule has 0 atom stereocenters. The third-order valence-electron chi connectivity index (χ3n) is 3.23. The first-order valence-corrected chi connectivity index (χ1v) is 6.39. The molecule has 0 saturated heterocycles. The van der Waals surface area contributed by atoms with Crippen molar-refractivity contribution < 1.29 is 4.74 Å². The monoisotopic (exact) mass is 260 g/mol. The average molecular weight is 260 g/mol. The van der Waals surface area contributed by atoms with Crippen molar-refractivity contribution in [2.75, 3.05) is 6.61 Å². The standard InChI is InChI=1S/C13H16N4O2/c1-8(2)17-6-9(5-14-17)12-15-11-3-4-19-7-10(11)13(18)16-12/h5-6,8H,3-4,7H2,1-2H3,(H,15,16,18). The summed E-state index contributed by atoms with van der Waals surface area (Å²) in [6, 6.07) is 0.284. The van der Waals surface area contributed by atoms with Gasteiger partial charge in [-0.15, -0.1) is 0 Å². The van der Waals surface area contributed by atoms with Crippen LogP contribution in [0.15, 0.2) is 17.2 Å². The Bertz CT molecular complexity index is 657. The van der Waals surface area contributed by atoms with E-state index in [0.29, 0.717) is 31.0 Å². The predicted molar refractivity (Wildman–Crippen MR) is 69.8 cm³/mol. The maximum Gasteiger partial charge on any atom is 0.256 e. The zero-order valence-corrected chi connectivity index (χ0v) is 11.0. The summed E-state index contributed by atoms with van der Waals surface area (Å²) in [5.74, 6) is 0.581. The lowest BCUT2D eigenvalue weighted by Gasteiger charge is -2.14. The van der Waals surface area contributed by atoms with Gasteiger partial charge in [0.1, 0.15) is 5.82 Å². The molecule has 2 aromatic heterocycles. The number of aromatic amines is 1. The molecule has 1 aliphatic heterocycles. The van der Waals surface area contributed by atoms with Crippen LogP contribution in [-0.4, -0.2) is 26.4 Å². The molecule has 0 aromatic carbocycles. The zero-order valence-electron chi connectivity index (χ0n) is 11.0. The Kier molecular flexibility index (Phi) is 2.94. The van der Waals surface area contributed by atoms with Gasteiger partial charge in [0.15, 0.2) is 0 Å². The quantitative estimate of drug-likeness (QED) is 0.883. The van der Waals surface area contributed by atoms with Crippen LogP contribution in [0.25, 0.3) is 11.4 Å². The highest BCUT2D eigenvalue weighted by molar-refractivity contribution is 5.52. The largest absolute Gasteiger partial charge is 0.376 e. The second-order valence-electron chi connectivity index (χ2n) is 4.95. The number of nitrogens with zero attached hydrogens (tertiary/aromatic N) is 3. The van der Waals surface area contributed by atoms with E-state index < -0.39 is 0 Å². The Morgan fingerprint density at radius 3 is 3.05 bits per heavy atom. The summed E-state index contributed by atoms with van der Waals surface area (Å²) in [6.45, 7) is 5.08. The molecule has 2 aromatic rings. The van der Waals surface area contributed by atoms with E-state index in [9.17, 15) is 4.79 Å². The minimum absolute atomic E-state index is 0.114. The van der Waals surface area contributed by atoms with E-state index in [2.05, 4.69) is 28.9 Å². The lowest BCUT2D eigenvalue weighted by Crippen LogP contribution is -2.24. The molecule has 3 rings (SSSR count). The van der Waals surface area contributed by atoms with Gasteiger partial charge >= 0.3 is 0 Å². The Balaban J connectivity index is 2.05. The topological polar surface area (TPSA) is 72.8 Å². The highest BCUT2D eigenvalue weighted by Crippen LogP contribution is 2.18. The summed E-state index contributed by atoms with van der Waals surface area (Å²) < 4.78 is 7.13. The van der Waals surface area contributed by atoms with E-state index in [1.807, 2.05) is 10.9 Å². The summed E-state index contributed by atoms with van der Waals surface area (Å²) in [6.07, 6.45) is 4.31. The molecule has 0 amide bonds. The first kappa shape index (κ1) is 12.1. The SMILES string of the molecule is CC(C)n1cc(-c2nc3c(c(=O)[nH]2)COCC3)cn1. The van der Waals surface area contributed by atoms with Gasteiger partial charge in [-0.25, -0.2) is 4.98 Å². The lowest BCUT2D eigenvalue weighted by molar-refractivity contribution is 0.108. The van der Waals surface area contributed by atoms with Crippen LogP contribution in [0.2, 0.25) is 0 Å². The van der Waals surface area contributed by atoms with Crippen LogP contribution >= 0.6 is 0 Å². The number of hydrogen-bond donors (Lipinski definition) is 1. The van der Waals surface area contributed by atoms with Gasteiger partial charge in [-0.1, -0.05) is 0 Å². The van der Waals surface area contributed by atoms with Crippen molar-refractivity contribution in [2.45, 2.75) is 32.9 Å². The van der Waals surface area contributed by atoms with Gasteiger partial charge in [-0.2, -0.15) is 5.10 Å². The molecule has 0 radical (unpaired) electrons. The van der Waals surface area contributed by atoms with Crippen molar-refractivity contribution in [1.82, 2.24) is 19.7 Å². The predicted octanol–water partition coefficient (Wildman–Crippen LogP) is 1.29. The van der Waals surface area contributed by atoms with Crippen molar-refractivity contribution in [3.63, 3.8) is 0 Å². The van der Waals surface area contributed by atoms with E-state index in [-0.39, 0.29) is 11.6 Å². The highest BCUT2D eigenvalue weighted by Gasteiger charge is 2.17. The van der Waals surface area contributed by atoms with Crippen LogP contribution in [0.5, 0.6) is 0 Å². The van der Waals surface area contributed by atoms with Crippen LogP contribution in [0.1, 0.15) is 31.1 Å². The minimum atomic E-state index is -0.114. The zero-order chi connectivity index (χ0) is 13.4. The molecule has 1 aliphatic rings. The van der Waals surface area contributed by atoms with Crippen LogP contribution < -0.4 is 5.56 Å². The fourth-order valence-electron chi connectivity index (χ4n) is 2.12.